The van der Waals surface area contributed by atoms with Crippen molar-refractivity contribution in [1.29, 1.82) is 5.26 Å². The summed E-state index contributed by atoms with van der Waals surface area (Å²) in [4.78, 5) is 2.23. The van der Waals surface area contributed by atoms with Crippen LogP contribution in [0.15, 0.2) is 24.3 Å². The van der Waals surface area contributed by atoms with Gasteiger partial charge in [0.15, 0.2) is 0 Å². The smallest absolute Gasteiger partial charge is 0.123 e. The molecule has 1 unspecified atom stereocenters. The first-order valence-corrected chi connectivity index (χ1v) is 6.54. The summed E-state index contributed by atoms with van der Waals surface area (Å²) in [5, 5.41) is 9.43. The van der Waals surface area contributed by atoms with Gasteiger partial charge < -0.3 is 4.74 Å². The van der Waals surface area contributed by atoms with Gasteiger partial charge in [-0.2, -0.15) is 5.26 Å². The molecule has 0 heterocycles. The number of hydrogen-bond donors (Lipinski definition) is 0. The molecular formula is C15H22N2O. The lowest BCUT2D eigenvalue weighted by molar-refractivity contribution is 0.236. The molecule has 0 aliphatic heterocycles. The van der Waals surface area contributed by atoms with Gasteiger partial charge in [0.1, 0.15) is 11.8 Å². The number of nitrogens with zero attached hydrogens (tertiary/aromatic N) is 2. The van der Waals surface area contributed by atoms with E-state index in [1.807, 2.05) is 24.3 Å². The average Bonchev–Trinajstić information content (AvgIpc) is 2.40. The van der Waals surface area contributed by atoms with Crippen LogP contribution in [0.4, 0.5) is 0 Å². The van der Waals surface area contributed by atoms with Crippen molar-refractivity contribution in [1.82, 2.24) is 4.90 Å². The third kappa shape index (κ3) is 3.75. The SMILES string of the molecule is CCCN(CCC)C(C#N)c1cccc(OC)c1. The van der Waals surface area contributed by atoms with Gasteiger partial charge in [0.2, 0.25) is 0 Å². The topological polar surface area (TPSA) is 36.3 Å². The molecule has 0 radical (unpaired) electrons. The van der Waals surface area contributed by atoms with Crippen molar-refractivity contribution in [3.8, 4) is 11.8 Å². The number of benzene rings is 1. The van der Waals surface area contributed by atoms with Crippen LogP contribution in [0, 0.1) is 11.3 Å². The molecule has 0 bridgehead atoms. The number of ether oxygens (including phenoxy) is 1. The minimum atomic E-state index is -0.181. The zero-order valence-corrected chi connectivity index (χ0v) is 11.5. The molecular weight excluding hydrogens is 224 g/mol. The van der Waals surface area contributed by atoms with Crippen molar-refractivity contribution in [3.63, 3.8) is 0 Å². The van der Waals surface area contributed by atoms with E-state index < -0.39 is 0 Å². The first-order valence-electron chi connectivity index (χ1n) is 6.54. The molecule has 0 saturated heterocycles. The minimum absolute atomic E-state index is 0.181. The van der Waals surface area contributed by atoms with Crippen LogP contribution >= 0.6 is 0 Å². The Morgan fingerprint density at radius 2 is 1.94 bits per heavy atom. The summed E-state index contributed by atoms with van der Waals surface area (Å²) in [5.74, 6) is 0.806. The Kier molecular flexibility index (Phi) is 6.24. The molecule has 0 fully saturated rings. The first-order chi connectivity index (χ1) is 8.76. The van der Waals surface area contributed by atoms with Crippen molar-refractivity contribution >= 4 is 0 Å². The zero-order valence-electron chi connectivity index (χ0n) is 11.5. The number of nitriles is 1. The molecule has 0 spiro atoms. The highest BCUT2D eigenvalue weighted by Crippen LogP contribution is 2.24. The molecule has 3 nitrogen and oxygen atoms in total. The number of hydrogen-bond acceptors (Lipinski definition) is 3. The molecule has 0 aromatic heterocycles. The lowest BCUT2D eigenvalue weighted by atomic mass is 10.1. The summed E-state index contributed by atoms with van der Waals surface area (Å²) in [5.41, 5.74) is 1.01. The van der Waals surface area contributed by atoms with Crippen LogP contribution in [0.25, 0.3) is 0 Å². The van der Waals surface area contributed by atoms with Crippen LogP contribution in [0.5, 0.6) is 5.75 Å². The fraction of sp³-hybridized carbons (Fsp3) is 0.533. The summed E-state index contributed by atoms with van der Waals surface area (Å²) >= 11 is 0. The molecule has 98 valence electrons. The Balaban J connectivity index is 2.95. The molecule has 3 heteroatoms. The maximum absolute atomic E-state index is 9.43. The van der Waals surface area contributed by atoms with Gasteiger partial charge in [0.05, 0.1) is 13.2 Å². The second kappa shape index (κ2) is 7.73. The van der Waals surface area contributed by atoms with Crippen molar-refractivity contribution < 1.29 is 4.74 Å². The van der Waals surface area contributed by atoms with Crippen LogP contribution in [0.1, 0.15) is 38.3 Å². The molecule has 0 saturated carbocycles. The zero-order chi connectivity index (χ0) is 13.4. The van der Waals surface area contributed by atoms with Gasteiger partial charge in [-0.3, -0.25) is 4.90 Å². The van der Waals surface area contributed by atoms with E-state index in [-0.39, 0.29) is 6.04 Å². The molecule has 0 amide bonds. The van der Waals surface area contributed by atoms with Gasteiger partial charge >= 0.3 is 0 Å². The molecule has 1 aromatic rings. The minimum Gasteiger partial charge on any atom is -0.497 e. The summed E-state index contributed by atoms with van der Waals surface area (Å²) < 4.78 is 5.22. The van der Waals surface area contributed by atoms with Gasteiger partial charge in [0, 0.05) is 0 Å². The van der Waals surface area contributed by atoms with E-state index in [2.05, 4.69) is 24.8 Å². The Morgan fingerprint density at radius 3 is 2.44 bits per heavy atom. The second-order valence-corrected chi connectivity index (χ2v) is 4.34. The van der Waals surface area contributed by atoms with E-state index in [9.17, 15) is 5.26 Å². The lowest BCUT2D eigenvalue weighted by Gasteiger charge is -2.26. The summed E-state index contributed by atoms with van der Waals surface area (Å²) in [7, 11) is 1.65. The van der Waals surface area contributed by atoms with Crippen molar-refractivity contribution in [2.75, 3.05) is 20.2 Å². The van der Waals surface area contributed by atoms with E-state index in [0.717, 1.165) is 37.2 Å². The Labute approximate surface area is 110 Å². The Bertz CT molecular complexity index is 392. The predicted molar refractivity (Wildman–Crippen MR) is 73.5 cm³/mol. The summed E-state index contributed by atoms with van der Waals surface area (Å²) in [6.07, 6.45) is 2.12. The molecule has 0 aliphatic rings. The first kappa shape index (κ1) is 14.5. The third-order valence-corrected chi connectivity index (χ3v) is 2.92. The van der Waals surface area contributed by atoms with Crippen LogP contribution < -0.4 is 4.74 Å². The molecule has 1 aromatic carbocycles. The fourth-order valence-electron chi connectivity index (χ4n) is 2.12. The Hall–Kier alpha value is -1.53. The predicted octanol–water partition coefficient (Wildman–Crippen LogP) is 3.38. The highest BCUT2D eigenvalue weighted by molar-refractivity contribution is 5.33. The highest BCUT2D eigenvalue weighted by atomic mass is 16.5. The molecule has 1 rings (SSSR count). The van der Waals surface area contributed by atoms with Crippen LogP contribution in [0.3, 0.4) is 0 Å². The summed E-state index contributed by atoms with van der Waals surface area (Å²) in [6.45, 7) is 6.18. The van der Waals surface area contributed by atoms with Crippen LogP contribution in [-0.4, -0.2) is 25.1 Å². The quantitative estimate of drug-likeness (QED) is 0.740. The van der Waals surface area contributed by atoms with E-state index in [0.29, 0.717) is 0 Å². The lowest BCUT2D eigenvalue weighted by Crippen LogP contribution is -2.29. The van der Waals surface area contributed by atoms with Gasteiger partial charge in [-0.1, -0.05) is 26.0 Å². The van der Waals surface area contributed by atoms with Crippen molar-refractivity contribution in [2.45, 2.75) is 32.7 Å². The monoisotopic (exact) mass is 246 g/mol. The Morgan fingerprint density at radius 1 is 1.28 bits per heavy atom. The van der Waals surface area contributed by atoms with Crippen LogP contribution in [0.2, 0.25) is 0 Å². The second-order valence-electron chi connectivity index (χ2n) is 4.34. The van der Waals surface area contributed by atoms with Gasteiger partial charge in [-0.05, 0) is 43.6 Å². The summed E-state index contributed by atoms with van der Waals surface area (Å²) in [6, 6.07) is 10.0. The van der Waals surface area contributed by atoms with Gasteiger partial charge in [-0.25, -0.2) is 0 Å². The molecule has 0 aliphatic carbocycles. The third-order valence-electron chi connectivity index (χ3n) is 2.92. The maximum atomic E-state index is 9.43. The maximum Gasteiger partial charge on any atom is 0.123 e. The molecule has 0 N–H and O–H groups in total. The van der Waals surface area contributed by atoms with Gasteiger partial charge in [0.25, 0.3) is 0 Å². The fourth-order valence-corrected chi connectivity index (χ4v) is 2.12. The van der Waals surface area contributed by atoms with E-state index in [1.165, 1.54) is 0 Å². The van der Waals surface area contributed by atoms with Crippen molar-refractivity contribution in [3.05, 3.63) is 29.8 Å². The number of rotatable bonds is 7. The van der Waals surface area contributed by atoms with E-state index >= 15 is 0 Å². The molecule has 1 atom stereocenters. The number of methoxy groups -OCH3 is 1. The van der Waals surface area contributed by atoms with Crippen molar-refractivity contribution in [2.24, 2.45) is 0 Å². The van der Waals surface area contributed by atoms with E-state index in [1.54, 1.807) is 7.11 Å². The van der Waals surface area contributed by atoms with Gasteiger partial charge in [-0.15, -0.1) is 0 Å². The van der Waals surface area contributed by atoms with Crippen LogP contribution in [-0.2, 0) is 0 Å². The largest absolute Gasteiger partial charge is 0.497 e. The highest BCUT2D eigenvalue weighted by Gasteiger charge is 2.18. The van der Waals surface area contributed by atoms with E-state index in [4.69, 9.17) is 4.74 Å². The standard InChI is InChI=1S/C15H22N2O/c1-4-9-17(10-5-2)15(12-16)13-7-6-8-14(11-13)18-3/h6-8,11,15H,4-5,9-10H2,1-3H3. The normalized spacial score (nSPS) is 12.2. The molecule has 18 heavy (non-hydrogen) atoms. The average molecular weight is 246 g/mol.